The number of anilines is 1. The Kier molecular flexibility index (Phi) is 6.51. The largest absolute Gasteiger partial charge is 0.332 e. The average molecular weight is 469 g/mol. The number of carbonyl (C=O) groups excluding carboxylic acids is 2. The monoisotopic (exact) mass is 468 g/mol. The molecule has 1 heterocycles. The van der Waals surface area contributed by atoms with E-state index in [-0.39, 0.29) is 23.9 Å². The second kappa shape index (κ2) is 9.54. The van der Waals surface area contributed by atoms with Crippen LogP contribution < -0.4 is 10.9 Å². The number of benzene rings is 3. The first kappa shape index (κ1) is 23.9. The molecule has 1 aromatic heterocycles. The Morgan fingerprint density at radius 2 is 1.57 bits per heavy atom. The molecule has 0 radical (unpaired) electrons. The molecule has 7 nitrogen and oxygen atoms in total. The van der Waals surface area contributed by atoms with E-state index < -0.39 is 0 Å². The van der Waals surface area contributed by atoms with E-state index >= 15 is 0 Å². The molecular weight excluding hydrogens is 440 g/mol. The van der Waals surface area contributed by atoms with Gasteiger partial charge >= 0.3 is 0 Å². The molecule has 4 aromatic rings. The smallest absolute Gasteiger partial charge is 0.265 e. The van der Waals surface area contributed by atoms with Gasteiger partial charge in [0.05, 0.1) is 23.1 Å². The molecule has 4 rings (SSSR count). The Labute approximate surface area is 204 Å². The summed E-state index contributed by atoms with van der Waals surface area (Å²) in [5.74, 6) is 0.00459. The predicted octanol–water partition coefficient (Wildman–Crippen LogP) is 4.33. The van der Waals surface area contributed by atoms with Crippen molar-refractivity contribution >= 4 is 28.4 Å². The first-order valence-corrected chi connectivity index (χ1v) is 11.4. The number of likely N-dealkylation sites (N-methyl/N-ethyl adjacent to an activating group) is 1. The van der Waals surface area contributed by atoms with Crippen LogP contribution in [0.4, 0.5) is 5.69 Å². The normalized spacial score (nSPS) is 10.9. The molecule has 0 spiro atoms. The molecule has 0 unspecified atom stereocenters. The van der Waals surface area contributed by atoms with Crippen LogP contribution in [0.3, 0.4) is 0 Å². The van der Waals surface area contributed by atoms with Gasteiger partial charge in [0.1, 0.15) is 5.82 Å². The van der Waals surface area contributed by atoms with Crippen LogP contribution in [0.15, 0.2) is 65.5 Å². The van der Waals surface area contributed by atoms with Gasteiger partial charge < -0.3 is 10.2 Å². The standard InChI is InChI=1S/C28H28N4O3/c1-17-14-18(2)26(19(3)15-17)30-25(33)16-31(5)27(34)21-10-12-22(13-11-21)32-20(4)29-24-9-7-6-8-23(24)28(32)35/h6-15H,16H2,1-5H3,(H,30,33). The van der Waals surface area contributed by atoms with Gasteiger partial charge in [-0.2, -0.15) is 0 Å². The molecule has 0 saturated carbocycles. The van der Waals surface area contributed by atoms with Crippen molar-refractivity contribution in [2.24, 2.45) is 0 Å². The molecule has 0 fully saturated rings. The lowest BCUT2D eigenvalue weighted by atomic mass is 10.1. The van der Waals surface area contributed by atoms with Crippen molar-refractivity contribution in [1.29, 1.82) is 0 Å². The molecule has 178 valence electrons. The molecule has 3 aromatic carbocycles. The highest BCUT2D eigenvalue weighted by molar-refractivity contribution is 5.99. The third-order valence-corrected chi connectivity index (χ3v) is 5.98. The quantitative estimate of drug-likeness (QED) is 0.473. The Balaban J connectivity index is 1.50. The highest BCUT2D eigenvalue weighted by atomic mass is 16.2. The highest BCUT2D eigenvalue weighted by Crippen LogP contribution is 2.22. The molecular formula is C28H28N4O3. The lowest BCUT2D eigenvalue weighted by Crippen LogP contribution is -2.35. The fraction of sp³-hybridized carbons (Fsp3) is 0.214. The molecule has 0 aliphatic carbocycles. The number of carbonyl (C=O) groups is 2. The summed E-state index contributed by atoms with van der Waals surface area (Å²) in [6.45, 7) is 7.60. The summed E-state index contributed by atoms with van der Waals surface area (Å²) in [4.78, 5) is 44.5. The zero-order valence-electron chi connectivity index (χ0n) is 20.5. The Morgan fingerprint density at radius 3 is 2.23 bits per heavy atom. The maximum atomic E-state index is 13.0. The van der Waals surface area contributed by atoms with Gasteiger partial charge in [-0.15, -0.1) is 0 Å². The van der Waals surface area contributed by atoms with Gasteiger partial charge in [0.25, 0.3) is 11.5 Å². The number of nitrogens with zero attached hydrogens (tertiary/aromatic N) is 3. The molecule has 2 amide bonds. The van der Waals surface area contributed by atoms with Crippen LogP contribution in [0.25, 0.3) is 16.6 Å². The molecule has 0 bridgehead atoms. The van der Waals surface area contributed by atoms with Gasteiger partial charge in [-0.1, -0.05) is 29.8 Å². The van der Waals surface area contributed by atoms with Crippen LogP contribution in [0.1, 0.15) is 32.9 Å². The molecule has 35 heavy (non-hydrogen) atoms. The summed E-state index contributed by atoms with van der Waals surface area (Å²) < 4.78 is 1.53. The van der Waals surface area contributed by atoms with E-state index in [2.05, 4.69) is 10.3 Å². The maximum Gasteiger partial charge on any atom is 0.265 e. The van der Waals surface area contributed by atoms with E-state index in [0.717, 1.165) is 22.4 Å². The number of para-hydroxylation sites is 1. The van der Waals surface area contributed by atoms with Gasteiger partial charge in [0.15, 0.2) is 0 Å². The van der Waals surface area contributed by atoms with Crippen molar-refractivity contribution in [1.82, 2.24) is 14.5 Å². The van der Waals surface area contributed by atoms with E-state index in [1.165, 1.54) is 9.47 Å². The number of hydrogen-bond acceptors (Lipinski definition) is 4. The topological polar surface area (TPSA) is 84.3 Å². The summed E-state index contributed by atoms with van der Waals surface area (Å²) in [6, 6.07) is 18.0. The number of amides is 2. The second-order valence-corrected chi connectivity index (χ2v) is 8.85. The minimum Gasteiger partial charge on any atom is -0.332 e. The molecule has 7 heteroatoms. The Hall–Kier alpha value is -4.26. The summed E-state index contributed by atoms with van der Waals surface area (Å²) >= 11 is 0. The van der Waals surface area contributed by atoms with Gasteiger partial charge in [-0.25, -0.2) is 4.98 Å². The van der Waals surface area contributed by atoms with Crippen LogP contribution >= 0.6 is 0 Å². The Bertz CT molecular complexity index is 1480. The van der Waals surface area contributed by atoms with Crippen molar-refractivity contribution in [2.75, 3.05) is 18.9 Å². The Morgan fingerprint density at radius 1 is 0.943 bits per heavy atom. The predicted molar refractivity (Wildman–Crippen MR) is 138 cm³/mol. The van der Waals surface area contributed by atoms with Crippen molar-refractivity contribution in [3.63, 3.8) is 0 Å². The van der Waals surface area contributed by atoms with Crippen LogP contribution in [-0.4, -0.2) is 39.9 Å². The number of rotatable bonds is 5. The number of fused-ring (bicyclic) bond motifs is 1. The lowest BCUT2D eigenvalue weighted by Gasteiger charge is -2.19. The number of aromatic nitrogens is 2. The number of aryl methyl sites for hydroxylation is 4. The zero-order valence-corrected chi connectivity index (χ0v) is 20.5. The van der Waals surface area contributed by atoms with Crippen molar-refractivity contribution < 1.29 is 9.59 Å². The van der Waals surface area contributed by atoms with E-state index in [0.29, 0.717) is 28.0 Å². The third kappa shape index (κ3) is 4.84. The summed E-state index contributed by atoms with van der Waals surface area (Å²) in [6.07, 6.45) is 0. The highest BCUT2D eigenvalue weighted by Gasteiger charge is 2.17. The first-order valence-electron chi connectivity index (χ1n) is 11.4. The first-order chi connectivity index (χ1) is 16.7. The van der Waals surface area contributed by atoms with Crippen molar-refractivity contribution in [3.05, 3.63) is 99.1 Å². The summed E-state index contributed by atoms with van der Waals surface area (Å²) in [5.41, 5.74) is 5.39. The van der Waals surface area contributed by atoms with E-state index in [4.69, 9.17) is 0 Å². The van der Waals surface area contributed by atoms with Gasteiger partial charge in [0, 0.05) is 18.3 Å². The van der Waals surface area contributed by atoms with Gasteiger partial charge in [-0.05, 0) is 75.2 Å². The van der Waals surface area contributed by atoms with Crippen molar-refractivity contribution in [2.45, 2.75) is 27.7 Å². The fourth-order valence-corrected chi connectivity index (χ4v) is 4.36. The van der Waals surface area contributed by atoms with Crippen LogP contribution in [0, 0.1) is 27.7 Å². The molecule has 0 aliphatic heterocycles. The van der Waals surface area contributed by atoms with Crippen LogP contribution in [0.2, 0.25) is 0 Å². The van der Waals surface area contributed by atoms with E-state index in [1.54, 1.807) is 50.4 Å². The third-order valence-electron chi connectivity index (χ3n) is 5.98. The molecule has 0 atom stereocenters. The van der Waals surface area contributed by atoms with E-state index in [9.17, 15) is 14.4 Å². The fourth-order valence-electron chi connectivity index (χ4n) is 4.36. The lowest BCUT2D eigenvalue weighted by molar-refractivity contribution is -0.116. The second-order valence-electron chi connectivity index (χ2n) is 8.85. The van der Waals surface area contributed by atoms with Gasteiger partial charge in [-0.3, -0.25) is 19.0 Å². The minimum absolute atomic E-state index is 0.0828. The number of nitrogens with one attached hydrogen (secondary N) is 1. The minimum atomic E-state index is -0.287. The van der Waals surface area contributed by atoms with Crippen LogP contribution in [0.5, 0.6) is 0 Å². The molecule has 0 saturated heterocycles. The average Bonchev–Trinajstić information content (AvgIpc) is 2.81. The summed E-state index contributed by atoms with van der Waals surface area (Å²) in [7, 11) is 1.59. The molecule has 1 N–H and O–H groups in total. The van der Waals surface area contributed by atoms with Gasteiger partial charge in [0.2, 0.25) is 5.91 Å². The maximum absolute atomic E-state index is 13.0. The molecule has 0 aliphatic rings. The van der Waals surface area contributed by atoms with E-state index in [1.807, 2.05) is 45.0 Å². The number of hydrogen-bond donors (Lipinski definition) is 1. The zero-order chi connectivity index (χ0) is 25.3. The van der Waals surface area contributed by atoms with Crippen LogP contribution in [-0.2, 0) is 4.79 Å². The SMILES string of the molecule is Cc1cc(C)c(NC(=O)CN(C)C(=O)c2ccc(-n3c(C)nc4ccccc4c3=O)cc2)c(C)c1. The van der Waals surface area contributed by atoms with Crippen molar-refractivity contribution in [3.8, 4) is 5.69 Å². The summed E-state index contributed by atoms with van der Waals surface area (Å²) in [5, 5.41) is 3.45.